The van der Waals surface area contributed by atoms with Crippen molar-refractivity contribution in [1.29, 1.82) is 0 Å². The van der Waals surface area contributed by atoms with Crippen molar-refractivity contribution in [3.05, 3.63) is 33.9 Å². The summed E-state index contributed by atoms with van der Waals surface area (Å²) < 4.78 is 0. The van der Waals surface area contributed by atoms with Crippen LogP contribution in [0.2, 0.25) is 0 Å². The number of likely N-dealkylation sites (tertiary alicyclic amines) is 1. The van der Waals surface area contributed by atoms with E-state index < -0.39 is 0 Å². The van der Waals surface area contributed by atoms with Crippen LogP contribution in [0.25, 0.3) is 0 Å². The third-order valence-electron chi connectivity index (χ3n) is 5.07. The fraction of sp³-hybridized carbons (Fsp3) is 0.667. The molecule has 0 amide bonds. The monoisotopic (exact) mass is 293 g/mol. The first-order chi connectivity index (χ1) is 9.41. The summed E-state index contributed by atoms with van der Waals surface area (Å²) in [5.41, 5.74) is 6.83. The molecule has 0 aromatic heterocycles. The lowest BCUT2D eigenvalue weighted by Gasteiger charge is -2.35. The van der Waals surface area contributed by atoms with Crippen molar-refractivity contribution in [2.24, 2.45) is 0 Å². The van der Waals surface area contributed by atoms with E-state index in [0.717, 1.165) is 6.54 Å². The summed E-state index contributed by atoms with van der Waals surface area (Å²) in [6, 6.07) is 2.96. The first-order valence-electron chi connectivity index (χ1n) is 7.87. The van der Waals surface area contributed by atoms with Crippen LogP contribution < -0.4 is 0 Å². The summed E-state index contributed by atoms with van der Waals surface area (Å²) in [5.74, 6) is 0. The molecular formula is C18H28ClN. The van der Waals surface area contributed by atoms with Crippen molar-refractivity contribution >= 4 is 11.6 Å². The lowest BCUT2D eigenvalue weighted by atomic mass is 9.91. The van der Waals surface area contributed by atoms with E-state index >= 15 is 0 Å². The van der Waals surface area contributed by atoms with Crippen LogP contribution >= 0.6 is 11.6 Å². The zero-order valence-corrected chi connectivity index (χ0v) is 14.3. The van der Waals surface area contributed by atoms with Crippen LogP contribution in [0.4, 0.5) is 0 Å². The second-order valence-corrected chi connectivity index (χ2v) is 7.01. The predicted octanol–water partition coefficient (Wildman–Crippen LogP) is 5.07. The smallest absolute Gasteiger partial charge is 0.0717 e. The van der Waals surface area contributed by atoms with Crippen LogP contribution in [0, 0.1) is 27.7 Å². The molecule has 2 unspecified atom stereocenters. The number of hydrogen-bond donors (Lipinski definition) is 0. The van der Waals surface area contributed by atoms with Gasteiger partial charge in [-0.2, -0.15) is 0 Å². The number of alkyl halides is 1. The molecule has 0 spiro atoms. The van der Waals surface area contributed by atoms with Crippen molar-refractivity contribution in [1.82, 2.24) is 4.90 Å². The number of benzene rings is 1. The van der Waals surface area contributed by atoms with Gasteiger partial charge in [0.05, 0.1) is 5.38 Å². The molecule has 2 heteroatoms. The normalized spacial score (nSPS) is 22.0. The Morgan fingerprint density at radius 2 is 1.75 bits per heavy atom. The van der Waals surface area contributed by atoms with Gasteiger partial charge < -0.3 is 0 Å². The van der Waals surface area contributed by atoms with E-state index in [0.29, 0.717) is 6.04 Å². The van der Waals surface area contributed by atoms with Crippen molar-refractivity contribution in [3.63, 3.8) is 0 Å². The van der Waals surface area contributed by atoms with Crippen LogP contribution in [0.15, 0.2) is 6.07 Å². The number of nitrogens with zero attached hydrogens (tertiary/aromatic N) is 1. The first-order valence-corrected chi connectivity index (χ1v) is 8.31. The van der Waals surface area contributed by atoms with Crippen molar-refractivity contribution in [2.75, 3.05) is 13.1 Å². The van der Waals surface area contributed by atoms with Crippen molar-refractivity contribution in [2.45, 2.75) is 65.3 Å². The van der Waals surface area contributed by atoms with E-state index in [-0.39, 0.29) is 5.38 Å². The van der Waals surface area contributed by atoms with Gasteiger partial charge in [-0.15, -0.1) is 11.6 Å². The lowest BCUT2D eigenvalue weighted by Crippen LogP contribution is -2.39. The molecule has 1 heterocycles. The highest BCUT2D eigenvalue weighted by Crippen LogP contribution is 2.33. The minimum absolute atomic E-state index is 0.106. The third kappa shape index (κ3) is 3.20. The SMILES string of the molecule is Cc1cc(C)c(C)c(C(Cl)CN2CCCCC2C)c1C. The number of rotatable bonds is 3. The minimum atomic E-state index is 0.106. The zero-order chi connectivity index (χ0) is 14.9. The summed E-state index contributed by atoms with van der Waals surface area (Å²) in [6.45, 7) is 13.3. The molecule has 1 saturated heterocycles. The topological polar surface area (TPSA) is 3.24 Å². The van der Waals surface area contributed by atoms with E-state index in [1.54, 1.807) is 0 Å². The van der Waals surface area contributed by atoms with E-state index in [4.69, 9.17) is 11.6 Å². The van der Waals surface area contributed by atoms with Gasteiger partial charge in [-0.25, -0.2) is 0 Å². The Hall–Kier alpha value is -0.530. The summed E-state index contributed by atoms with van der Waals surface area (Å²) in [4.78, 5) is 2.57. The molecule has 0 saturated carbocycles. The Morgan fingerprint density at radius 3 is 2.30 bits per heavy atom. The van der Waals surface area contributed by atoms with Gasteiger partial charge in [0, 0.05) is 12.6 Å². The standard InChI is InChI=1S/C18H28ClN/c1-12-10-13(2)16(5)18(15(12)4)17(19)11-20-9-7-6-8-14(20)3/h10,14,17H,6-9,11H2,1-5H3. The first kappa shape index (κ1) is 15.9. The molecule has 1 aliphatic rings. The summed E-state index contributed by atoms with van der Waals surface area (Å²) >= 11 is 6.82. The average Bonchev–Trinajstić information content (AvgIpc) is 2.39. The molecule has 112 valence electrons. The van der Waals surface area contributed by atoms with Gasteiger partial charge in [0.25, 0.3) is 0 Å². The maximum atomic E-state index is 6.82. The number of piperidine rings is 1. The average molecular weight is 294 g/mol. The largest absolute Gasteiger partial charge is 0.299 e. The Morgan fingerprint density at radius 1 is 1.15 bits per heavy atom. The van der Waals surface area contributed by atoms with Crippen molar-refractivity contribution < 1.29 is 0 Å². The Bertz CT molecular complexity index is 455. The Kier molecular flexibility index (Phi) is 5.14. The van der Waals surface area contributed by atoms with Gasteiger partial charge in [0.15, 0.2) is 0 Å². The molecule has 1 fully saturated rings. The highest BCUT2D eigenvalue weighted by molar-refractivity contribution is 6.21. The number of hydrogen-bond acceptors (Lipinski definition) is 1. The van der Waals surface area contributed by atoms with Crippen LogP contribution in [0.5, 0.6) is 0 Å². The van der Waals surface area contributed by atoms with E-state index in [1.807, 2.05) is 0 Å². The molecule has 0 aliphatic carbocycles. The van der Waals surface area contributed by atoms with E-state index in [9.17, 15) is 0 Å². The third-order valence-corrected chi connectivity index (χ3v) is 5.43. The molecule has 1 aliphatic heterocycles. The van der Waals surface area contributed by atoms with Gasteiger partial charge in [-0.1, -0.05) is 12.5 Å². The van der Waals surface area contributed by atoms with Crippen LogP contribution in [-0.2, 0) is 0 Å². The maximum Gasteiger partial charge on any atom is 0.0717 e. The van der Waals surface area contributed by atoms with E-state index in [2.05, 4.69) is 45.6 Å². The lowest BCUT2D eigenvalue weighted by molar-refractivity contribution is 0.160. The Balaban J connectivity index is 2.22. The maximum absolute atomic E-state index is 6.82. The fourth-order valence-corrected chi connectivity index (χ4v) is 3.95. The molecule has 0 radical (unpaired) electrons. The second kappa shape index (κ2) is 6.49. The quantitative estimate of drug-likeness (QED) is 0.703. The number of halogens is 1. The fourth-order valence-electron chi connectivity index (χ4n) is 3.44. The molecule has 1 aromatic rings. The molecule has 20 heavy (non-hydrogen) atoms. The molecule has 0 N–H and O–H groups in total. The highest BCUT2D eigenvalue weighted by atomic mass is 35.5. The summed E-state index contributed by atoms with van der Waals surface area (Å²) in [5, 5.41) is 0.106. The van der Waals surface area contributed by atoms with Gasteiger partial charge in [0.2, 0.25) is 0 Å². The van der Waals surface area contributed by atoms with Gasteiger partial charge in [-0.05, 0) is 81.8 Å². The molecular weight excluding hydrogens is 266 g/mol. The predicted molar refractivity (Wildman–Crippen MR) is 88.9 cm³/mol. The highest BCUT2D eigenvalue weighted by Gasteiger charge is 2.24. The minimum Gasteiger partial charge on any atom is -0.299 e. The Labute approximate surface area is 129 Å². The van der Waals surface area contributed by atoms with Gasteiger partial charge in [-0.3, -0.25) is 4.90 Å². The summed E-state index contributed by atoms with van der Waals surface area (Å²) in [7, 11) is 0. The van der Waals surface area contributed by atoms with Gasteiger partial charge >= 0.3 is 0 Å². The van der Waals surface area contributed by atoms with Gasteiger partial charge in [0.1, 0.15) is 0 Å². The van der Waals surface area contributed by atoms with Crippen molar-refractivity contribution in [3.8, 4) is 0 Å². The molecule has 2 atom stereocenters. The molecule has 1 nitrogen and oxygen atoms in total. The van der Waals surface area contributed by atoms with Crippen LogP contribution in [-0.4, -0.2) is 24.0 Å². The van der Waals surface area contributed by atoms with Crippen LogP contribution in [0.3, 0.4) is 0 Å². The van der Waals surface area contributed by atoms with Crippen LogP contribution in [0.1, 0.15) is 59.4 Å². The number of aryl methyl sites for hydroxylation is 2. The second-order valence-electron chi connectivity index (χ2n) is 6.48. The summed E-state index contributed by atoms with van der Waals surface area (Å²) in [6.07, 6.45) is 4.00. The molecule has 0 bridgehead atoms. The van der Waals surface area contributed by atoms with E-state index in [1.165, 1.54) is 53.6 Å². The molecule has 2 rings (SSSR count). The zero-order valence-electron chi connectivity index (χ0n) is 13.6. The molecule has 1 aromatic carbocycles.